The van der Waals surface area contributed by atoms with Gasteiger partial charge in [0, 0.05) is 0 Å². The third-order valence-electron chi connectivity index (χ3n) is 4.50. The lowest BCUT2D eigenvalue weighted by Crippen LogP contribution is -1.99. The van der Waals surface area contributed by atoms with E-state index in [0.717, 1.165) is 5.69 Å². The van der Waals surface area contributed by atoms with Crippen LogP contribution in [0.25, 0.3) is 17.1 Å². The van der Waals surface area contributed by atoms with Gasteiger partial charge < -0.3 is 4.42 Å². The summed E-state index contributed by atoms with van der Waals surface area (Å²) in [5, 5.41) is 8.18. The van der Waals surface area contributed by atoms with Crippen LogP contribution in [-0.2, 0) is 0 Å². The summed E-state index contributed by atoms with van der Waals surface area (Å²) < 4.78 is 19.1. The molecule has 150 valence electrons. The number of halogens is 1. The summed E-state index contributed by atoms with van der Waals surface area (Å²) in [5.74, 6) is 0.773. The van der Waals surface area contributed by atoms with Gasteiger partial charge in [-0.1, -0.05) is 52.0 Å². The Labute approximate surface area is 170 Å². The zero-order valence-electron chi connectivity index (χ0n) is 17.1. The van der Waals surface area contributed by atoms with Crippen LogP contribution >= 0.6 is 0 Å². The van der Waals surface area contributed by atoms with Gasteiger partial charge in [0.25, 0.3) is 0 Å². The molecule has 2 heterocycles. The van der Waals surface area contributed by atoms with E-state index in [1.165, 1.54) is 18.0 Å². The van der Waals surface area contributed by atoms with Gasteiger partial charge in [-0.2, -0.15) is 15.0 Å². The monoisotopic (exact) mass is 392 g/mol. The van der Waals surface area contributed by atoms with Gasteiger partial charge >= 0.3 is 0 Å². The molecule has 0 atom stereocenters. The first-order chi connectivity index (χ1) is 14.0. The number of aromatic nitrogens is 4. The molecule has 5 nitrogen and oxygen atoms in total. The second-order valence-electron chi connectivity index (χ2n) is 7.27. The highest BCUT2D eigenvalue weighted by molar-refractivity contribution is 5.55. The van der Waals surface area contributed by atoms with E-state index >= 15 is 0 Å². The second-order valence-corrected chi connectivity index (χ2v) is 7.27. The minimum Gasteiger partial charge on any atom is -0.444 e. The van der Waals surface area contributed by atoms with Gasteiger partial charge in [0.15, 0.2) is 0 Å². The molecule has 0 amide bonds. The number of hydrogen-bond acceptors (Lipinski definition) is 4. The predicted octanol–water partition coefficient (Wildman–Crippen LogP) is 5.99. The molecule has 0 saturated heterocycles. The Morgan fingerprint density at radius 3 is 2.24 bits per heavy atom. The molecule has 2 aromatic carbocycles. The van der Waals surface area contributed by atoms with Crippen molar-refractivity contribution in [2.45, 2.75) is 39.5 Å². The van der Waals surface area contributed by atoms with Crippen molar-refractivity contribution in [3.05, 3.63) is 84.3 Å². The number of oxazole rings is 1. The molecular weight excluding hydrogens is 367 g/mol. The molecule has 0 fully saturated rings. The number of benzene rings is 2. The molecule has 0 aliphatic rings. The Morgan fingerprint density at radius 2 is 1.62 bits per heavy atom. The van der Waals surface area contributed by atoms with Gasteiger partial charge in [-0.3, -0.25) is 0 Å². The lowest BCUT2D eigenvalue weighted by molar-refractivity contribution is 0.556. The van der Waals surface area contributed by atoms with Crippen LogP contribution in [-0.4, -0.2) is 20.0 Å². The van der Waals surface area contributed by atoms with Crippen LogP contribution < -0.4 is 0 Å². The summed E-state index contributed by atoms with van der Waals surface area (Å²) in [4.78, 5) is 5.57. The van der Waals surface area contributed by atoms with Crippen LogP contribution in [0.5, 0.6) is 0 Å². The molecular formula is C23H25FN4O. The maximum atomic E-state index is 14.0. The van der Waals surface area contributed by atoms with Crippen molar-refractivity contribution in [2.75, 3.05) is 0 Å². The van der Waals surface area contributed by atoms with Crippen LogP contribution in [0.2, 0.25) is 0 Å². The van der Waals surface area contributed by atoms with Crippen molar-refractivity contribution >= 4 is 0 Å². The summed E-state index contributed by atoms with van der Waals surface area (Å²) >= 11 is 0. The number of nitrogens with zero attached hydrogens (tertiary/aromatic N) is 4. The molecule has 0 bridgehead atoms. The minimum absolute atomic E-state index is 0.153. The van der Waals surface area contributed by atoms with E-state index in [1.54, 1.807) is 29.3 Å². The van der Waals surface area contributed by atoms with Crippen molar-refractivity contribution in [3.8, 4) is 17.1 Å². The first-order valence-corrected chi connectivity index (χ1v) is 9.62. The molecule has 2 aromatic heterocycles. The van der Waals surface area contributed by atoms with Crippen molar-refractivity contribution in [1.82, 2.24) is 20.0 Å². The van der Waals surface area contributed by atoms with E-state index in [-0.39, 0.29) is 11.7 Å². The van der Waals surface area contributed by atoms with Gasteiger partial charge in [-0.05, 0) is 41.2 Å². The topological polar surface area (TPSA) is 56.7 Å². The van der Waals surface area contributed by atoms with E-state index in [9.17, 15) is 4.39 Å². The average molecular weight is 392 g/mol. The van der Waals surface area contributed by atoms with Crippen LogP contribution in [0.15, 0.2) is 71.7 Å². The predicted molar refractivity (Wildman–Crippen MR) is 111 cm³/mol. The van der Waals surface area contributed by atoms with Gasteiger partial charge in [-0.25, -0.2) is 9.37 Å². The Bertz CT molecular complexity index is 1020. The van der Waals surface area contributed by atoms with Gasteiger partial charge in [-0.15, -0.1) is 0 Å². The van der Waals surface area contributed by atoms with Crippen molar-refractivity contribution in [2.24, 2.45) is 0 Å². The lowest BCUT2D eigenvalue weighted by Gasteiger charge is -2.08. The fourth-order valence-electron chi connectivity index (χ4n) is 2.87. The van der Waals surface area contributed by atoms with Gasteiger partial charge in [0.2, 0.25) is 5.89 Å². The van der Waals surface area contributed by atoms with E-state index in [1.807, 2.05) is 32.0 Å². The summed E-state index contributed by atoms with van der Waals surface area (Å²) in [6.07, 6.45) is 6.32. The quantitative estimate of drug-likeness (QED) is 0.428. The molecule has 0 aliphatic carbocycles. The summed E-state index contributed by atoms with van der Waals surface area (Å²) in [6.45, 7) is 8.26. The van der Waals surface area contributed by atoms with E-state index < -0.39 is 0 Å². The highest BCUT2D eigenvalue weighted by atomic mass is 19.1. The fraction of sp³-hybridized carbons (Fsp3) is 0.261. The molecule has 0 unspecified atom stereocenters. The second kappa shape index (κ2) is 9.28. The third-order valence-corrected chi connectivity index (χ3v) is 4.50. The normalized spacial score (nSPS) is 10.9. The first kappa shape index (κ1) is 20.5. The molecule has 29 heavy (non-hydrogen) atoms. The van der Waals surface area contributed by atoms with Crippen molar-refractivity contribution in [1.29, 1.82) is 0 Å². The Balaban J connectivity index is 0.000000166. The molecule has 6 heteroatoms. The number of hydrogen-bond donors (Lipinski definition) is 0. The molecule has 4 aromatic rings. The Hall–Kier alpha value is -3.28. The Morgan fingerprint density at radius 1 is 0.897 bits per heavy atom. The highest BCUT2D eigenvalue weighted by Gasteiger charge is 2.14. The third kappa shape index (κ3) is 4.96. The molecule has 0 radical (unpaired) electrons. The standard InChI is InChI=1S/C12H12FNO.C11H13N3/c1-8(2)9-4-3-5-10(11(9)13)12-14-6-7-15-12;1-9(2)10-4-3-5-11(8-10)14-12-6-7-13-14/h3-8H,1-2H3;3-9H,1-2H3. The van der Waals surface area contributed by atoms with Crippen LogP contribution in [0.3, 0.4) is 0 Å². The van der Waals surface area contributed by atoms with Gasteiger partial charge in [0.05, 0.1) is 29.8 Å². The maximum Gasteiger partial charge on any atom is 0.228 e. The molecule has 4 rings (SSSR count). The summed E-state index contributed by atoms with van der Waals surface area (Å²) in [5.41, 5.74) is 3.43. The maximum absolute atomic E-state index is 14.0. The van der Waals surface area contributed by atoms with Gasteiger partial charge in [0.1, 0.15) is 12.1 Å². The minimum atomic E-state index is -0.241. The van der Waals surface area contributed by atoms with E-state index in [4.69, 9.17) is 4.42 Å². The number of rotatable bonds is 4. The van der Waals surface area contributed by atoms with Crippen molar-refractivity contribution < 1.29 is 8.81 Å². The van der Waals surface area contributed by atoms with Crippen LogP contribution in [0.4, 0.5) is 4.39 Å². The molecule has 0 spiro atoms. The molecule has 0 aliphatic heterocycles. The van der Waals surface area contributed by atoms with E-state index in [0.29, 0.717) is 22.9 Å². The van der Waals surface area contributed by atoms with Crippen LogP contribution in [0, 0.1) is 5.82 Å². The lowest BCUT2D eigenvalue weighted by atomic mass is 10.00. The SMILES string of the molecule is CC(C)c1cccc(-c2ncco2)c1F.CC(C)c1cccc(-n2nccn2)c1. The largest absolute Gasteiger partial charge is 0.444 e. The molecule has 0 N–H and O–H groups in total. The smallest absolute Gasteiger partial charge is 0.228 e. The summed E-state index contributed by atoms with van der Waals surface area (Å²) in [6, 6.07) is 13.6. The zero-order chi connectivity index (χ0) is 20.8. The average Bonchev–Trinajstić information content (AvgIpc) is 3.43. The summed E-state index contributed by atoms with van der Waals surface area (Å²) in [7, 11) is 0. The fourth-order valence-corrected chi connectivity index (χ4v) is 2.87. The highest BCUT2D eigenvalue weighted by Crippen LogP contribution is 2.27. The van der Waals surface area contributed by atoms with Crippen LogP contribution in [0.1, 0.15) is 50.7 Å². The van der Waals surface area contributed by atoms with Crippen molar-refractivity contribution in [3.63, 3.8) is 0 Å². The first-order valence-electron chi connectivity index (χ1n) is 9.62. The molecule has 0 saturated carbocycles. The Kier molecular flexibility index (Phi) is 6.54. The van der Waals surface area contributed by atoms with E-state index in [2.05, 4.69) is 41.2 Å². The zero-order valence-corrected chi connectivity index (χ0v) is 17.1.